The number of hydrogen-bond donors (Lipinski definition) is 0. The van der Waals surface area contributed by atoms with Crippen molar-refractivity contribution in [1.82, 2.24) is 4.98 Å². The minimum atomic E-state index is -0.0796. The number of nitrogens with zero attached hydrogens (tertiary/aromatic N) is 1. The molecule has 0 spiro atoms. The predicted molar refractivity (Wildman–Crippen MR) is 78.9 cm³/mol. The van der Waals surface area contributed by atoms with E-state index in [9.17, 15) is 4.79 Å². The van der Waals surface area contributed by atoms with Crippen molar-refractivity contribution in [2.45, 2.75) is 29.6 Å². The average molecular weight is 308 g/mol. The number of hydrogen-bond acceptors (Lipinski definition) is 5. The van der Waals surface area contributed by atoms with E-state index in [-0.39, 0.29) is 11.7 Å². The zero-order valence-corrected chi connectivity index (χ0v) is 12.9. The van der Waals surface area contributed by atoms with Crippen LogP contribution in [0, 0.1) is 0 Å². The molecule has 3 atom stereocenters. The highest BCUT2D eigenvalue weighted by Crippen LogP contribution is 2.44. The largest absolute Gasteiger partial charge is 0.291 e. The van der Waals surface area contributed by atoms with Crippen LogP contribution in [0.3, 0.4) is 0 Å². The summed E-state index contributed by atoms with van der Waals surface area (Å²) in [7, 11) is 0. The Morgan fingerprint density at radius 1 is 1.53 bits per heavy atom. The van der Waals surface area contributed by atoms with Crippen molar-refractivity contribution < 1.29 is 4.79 Å². The van der Waals surface area contributed by atoms with Gasteiger partial charge in [-0.3, -0.25) is 4.79 Å². The Bertz CT molecular complexity index is 409. The summed E-state index contributed by atoms with van der Waals surface area (Å²) in [4.78, 5) is 15.8. The lowest BCUT2D eigenvalue weighted by molar-refractivity contribution is 0.101. The van der Waals surface area contributed by atoms with Crippen LogP contribution in [-0.2, 0) is 0 Å². The number of Topliss-reactive ketones (excluding diaryl/α,β-unsaturated/α-hetero) is 1. The Balaban J connectivity index is 2.08. The van der Waals surface area contributed by atoms with E-state index in [0.29, 0.717) is 21.4 Å². The predicted octanol–water partition coefficient (Wildman–Crippen LogP) is 3.86. The van der Waals surface area contributed by atoms with E-state index >= 15 is 0 Å². The van der Waals surface area contributed by atoms with E-state index in [0.717, 1.165) is 10.8 Å². The Morgan fingerprint density at radius 3 is 2.94 bits per heavy atom. The fourth-order valence-corrected chi connectivity index (χ4v) is 5.72. The van der Waals surface area contributed by atoms with Gasteiger partial charge in [-0.15, -0.1) is 34.7 Å². The highest BCUT2D eigenvalue weighted by molar-refractivity contribution is 8.07. The molecule has 0 aromatic carbocycles. The van der Waals surface area contributed by atoms with E-state index < -0.39 is 0 Å². The molecule has 1 aromatic heterocycles. The van der Waals surface area contributed by atoms with E-state index in [2.05, 4.69) is 18.8 Å². The number of halogens is 1. The first-order valence-corrected chi connectivity index (χ1v) is 8.84. The first-order valence-electron chi connectivity index (χ1n) is 5.43. The van der Waals surface area contributed by atoms with E-state index in [1.807, 2.05) is 28.9 Å². The number of carbonyl (C=O) groups is 1. The van der Waals surface area contributed by atoms with Crippen LogP contribution in [0.4, 0.5) is 0 Å². The number of aromatic nitrogens is 1. The van der Waals surface area contributed by atoms with Gasteiger partial charge in [0, 0.05) is 21.6 Å². The molecular formula is C11H14ClNOS3. The molecule has 1 aliphatic rings. The van der Waals surface area contributed by atoms with Gasteiger partial charge in [0.1, 0.15) is 10.7 Å². The molecule has 1 saturated heterocycles. The highest BCUT2D eigenvalue weighted by atomic mass is 35.5. The molecule has 0 bridgehead atoms. The van der Waals surface area contributed by atoms with Gasteiger partial charge in [0.05, 0.1) is 11.1 Å². The van der Waals surface area contributed by atoms with Gasteiger partial charge in [0.15, 0.2) is 5.78 Å². The summed E-state index contributed by atoms with van der Waals surface area (Å²) in [6.07, 6.45) is 0. The number of rotatable bonds is 3. The van der Waals surface area contributed by atoms with Gasteiger partial charge in [-0.05, 0) is 0 Å². The molecule has 0 N–H and O–H groups in total. The molecular weight excluding hydrogens is 294 g/mol. The van der Waals surface area contributed by atoms with Crippen molar-refractivity contribution >= 4 is 52.2 Å². The Kier molecular flexibility index (Phi) is 4.80. The van der Waals surface area contributed by atoms with Gasteiger partial charge in [0.25, 0.3) is 0 Å². The third-order valence-electron chi connectivity index (χ3n) is 2.75. The zero-order chi connectivity index (χ0) is 12.4. The fourth-order valence-electron chi connectivity index (χ4n) is 1.55. The van der Waals surface area contributed by atoms with Crippen LogP contribution in [0.5, 0.6) is 0 Å². The van der Waals surface area contributed by atoms with Gasteiger partial charge in [-0.25, -0.2) is 4.98 Å². The highest BCUT2D eigenvalue weighted by Gasteiger charge is 2.28. The molecule has 6 heteroatoms. The first kappa shape index (κ1) is 13.7. The third-order valence-corrected chi connectivity index (χ3v) is 7.50. The van der Waals surface area contributed by atoms with Crippen molar-refractivity contribution in [3.05, 3.63) is 16.1 Å². The number of carbonyl (C=O) groups excluding carboxylic acids is 1. The van der Waals surface area contributed by atoms with Gasteiger partial charge in [-0.1, -0.05) is 13.8 Å². The van der Waals surface area contributed by atoms with Crippen LogP contribution in [0.2, 0.25) is 0 Å². The topological polar surface area (TPSA) is 30.0 Å². The molecule has 0 saturated carbocycles. The lowest BCUT2D eigenvalue weighted by Gasteiger charge is -2.30. The average Bonchev–Trinajstić information content (AvgIpc) is 2.81. The van der Waals surface area contributed by atoms with Crippen molar-refractivity contribution in [2.75, 3.05) is 11.6 Å². The monoisotopic (exact) mass is 307 g/mol. The molecule has 1 aliphatic heterocycles. The molecule has 94 valence electrons. The van der Waals surface area contributed by atoms with Crippen LogP contribution in [0.15, 0.2) is 5.38 Å². The molecule has 1 aromatic rings. The summed E-state index contributed by atoms with van der Waals surface area (Å²) < 4.78 is 0. The molecule has 0 aliphatic carbocycles. The minimum absolute atomic E-state index is 0.0170. The molecule has 1 fully saturated rings. The molecule has 0 radical (unpaired) electrons. The summed E-state index contributed by atoms with van der Waals surface area (Å²) in [5, 5.41) is 4.64. The first-order chi connectivity index (χ1) is 8.11. The molecule has 2 nitrogen and oxygen atoms in total. The quantitative estimate of drug-likeness (QED) is 0.626. The lowest BCUT2D eigenvalue weighted by Crippen LogP contribution is -2.21. The van der Waals surface area contributed by atoms with E-state index in [1.54, 1.807) is 11.3 Å². The number of alkyl halides is 1. The summed E-state index contributed by atoms with van der Waals surface area (Å²) in [5.74, 6) is 1.02. The Labute approximate surface area is 119 Å². The van der Waals surface area contributed by atoms with E-state index in [1.165, 1.54) is 0 Å². The number of thiazole rings is 1. The van der Waals surface area contributed by atoms with Crippen LogP contribution in [0.1, 0.15) is 34.6 Å². The second-order valence-corrected chi connectivity index (χ2v) is 8.15. The summed E-state index contributed by atoms with van der Waals surface area (Å²) in [5.41, 5.74) is 0.525. The third kappa shape index (κ3) is 3.19. The van der Waals surface area contributed by atoms with Crippen molar-refractivity contribution in [2.24, 2.45) is 0 Å². The smallest absolute Gasteiger partial charge is 0.196 e. The number of ketones is 1. The van der Waals surface area contributed by atoms with Crippen molar-refractivity contribution in [3.8, 4) is 0 Å². The van der Waals surface area contributed by atoms with Crippen molar-refractivity contribution in [1.29, 1.82) is 0 Å². The second-order valence-electron chi connectivity index (χ2n) is 4.00. The Hall–Kier alpha value is 0.290. The normalized spacial score (nSPS) is 29.2. The van der Waals surface area contributed by atoms with Crippen LogP contribution < -0.4 is 0 Å². The fraction of sp³-hybridized carbons (Fsp3) is 0.636. The number of thioether (sulfide) groups is 2. The molecule has 17 heavy (non-hydrogen) atoms. The maximum atomic E-state index is 11.4. The van der Waals surface area contributed by atoms with Gasteiger partial charge in [0.2, 0.25) is 0 Å². The Morgan fingerprint density at radius 2 is 2.29 bits per heavy atom. The minimum Gasteiger partial charge on any atom is -0.291 e. The SMILES string of the molecule is CC1SCC(c2nc(C(=O)CCl)cs2)SC1C. The van der Waals surface area contributed by atoms with Crippen LogP contribution >= 0.6 is 46.5 Å². The maximum absolute atomic E-state index is 11.4. The van der Waals surface area contributed by atoms with Gasteiger partial charge >= 0.3 is 0 Å². The van der Waals surface area contributed by atoms with Crippen LogP contribution in [-0.4, -0.2) is 32.9 Å². The summed E-state index contributed by atoms with van der Waals surface area (Å²) in [6, 6.07) is 0. The molecule has 2 rings (SSSR count). The van der Waals surface area contributed by atoms with Gasteiger partial charge < -0.3 is 0 Å². The summed E-state index contributed by atoms with van der Waals surface area (Å²) in [6.45, 7) is 4.52. The van der Waals surface area contributed by atoms with Crippen molar-refractivity contribution in [3.63, 3.8) is 0 Å². The standard InChI is InChI=1S/C11H14ClNOS3/c1-6-7(2)17-10(5-15-6)11-13-8(4-16-11)9(14)3-12/h4,6-7,10H,3,5H2,1-2H3. The van der Waals surface area contributed by atoms with E-state index in [4.69, 9.17) is 11.6 Å². The second kappa shape index (κ2) is 5.95. The lowest BCUT2D eigenvalue weighted by atomic mass is 10.3. The maximum Gasteiger partial charge on any atom is 0.196 e. The van der Waals surface area contributed by atoms with Gasteiger partial charge in [-0.2, -0.15) is 11.8 Å². The summed E-state index contributed by atoms with van der Waals surface area (Å²) >= 11 is 11.1. The molecule has 3 unspecified atom stereocenters. The molecule has 2 heterocycles. The van der Waals surface area contributed by atoms with Crippen LogP contribution in [0.25, 0.3) is 0 Å². The molecule has 0 amide bonds. The zero-order valence-electron chi connectivity index (χ0n) is 9.68.